The van der Waals surface area contributed by atoms with Gasteiger partial charge in [-0.1, -0.05) is 27.7 Å². The number of fused-ring (bicyclic) bond motifs is 3. The summed E-state index contributed by atoms with van der Waals surface area (Å²) in [6, 6.07) is 3.25. The van der Waals surface area contributed by atoms with Crippen LogP contribution in [0.3, 0.4) is 0 Å². The van der Waals surface area contributed by atoms with Crippen molar-refractivity contribution in [3.63, 3.8) is 0 Å². The van der Waals surface area contributed by atoms with Crippen LogP contribution in [0.2, 0.25) is 0 Å². The zero-order valence-electron chi connectivity index (χ0n) is 15.0. The molecule has 1 saturated carbocycles. The van der Waals surface area contributed by atoms with Crippen LogP contribution in [0.25, 0.3) is 0 Å². The normalized spacial score (nSPS) is 31.8. The van der Waals surface area contributed by atoms with Gasteiger partial charge in [0.05, 0.1) is 5.41 Å². The molecule has 3 atom stereocenters. The second-order valence-electron chi connectivity index (χ2n) is 8.51. The van der Waals surface area contributed by atoms with E-state index in [9.17, 15) is 19.8 Å². The average molecular weight is 330 g/mol. The first-order valence-electron chi connectivity index (χ1n) is 8.64. The predicted molar refractivity (Wildman–Crippen MR) is 91.4 cm³/mol. The third-order valence-electron chi connectivity index (χ3n) is 6.24. The third kappa shape index (κ3) is 2.08. The van der Waals surface area contributed by atoms with Crippen LogP contribution < -0.4 is 0 Å². The Bertz CT molecular complexity index is 731. The maximum absolute atomic E-state index is 12.9. The number of rotatable bonds is 1. The Morgan fingerprint density at radius 1 is 1.17 bits per heavy atom. The van der Waals surface area contributed by atoms with E-state index in [1.165, 1.54) is 0 Å². The lowest BCUT2D eigenvalue weighted by atomic mass is 9.48. The highest BCUT2D eigenvalue weighted by Crippen LogP contribution is 2.56. The second kappa shape index (κ2) is 5.16. The minimum absolute atomic E-state index is 0.0383. The zero-order chi connectivity index (χ0) is 18.0. The van der Waals surface area contributed by atoms with E-state index in [-0.39, 0.29) is 28.6 Å². The molecule has 1 aromatic carbocycles. The van der Waals surface area contributed by atoms with Gasteiger partial charge in [-0.15, -0.1) is 0 Å². The van der Waals surface area contributed by atoms with Gasteiger partial charge in [0.15, 0.2) is 5.78 Å². The molecule has 3 rings (SSSR count). The molecule has 130 valence electrons. The molecule has 1 fully saturated rings. The topological polar surface area (TPSA) is 74.6 Å². The van der Waals surface area contributed by atoms with Gasteiger partial charge in [0.2, 0.25) is 0 Å². The molecule has 0 saturated heterocycles. The summed E-state index contributed by atoms with van der Waals surface area (Å²) in [6.45, 7) is 9.71. The van der Waals surface area contributed by atoms with Crippen LogP contribution in [-0.4, -0.2) is 27.9 Å². The van der Waals surface area contributed by atoms with E-state index < -0.39 is 17.4 Å². The number of phenolic OH excluding ortho intramolecular Hbond substituents is 1. The number of carbonyl (C=O) groups excluding carboxylic acids is 2. The van der Waals surface area contributed by atoms with Crippen molar-refractivity contribution in [3.05, 3.63) is 28.8 Å². The van der Waals surface area contributed by atoms with Crippen molar-refractivity contribution < 1.29 is 19.8 Å². The molecule has 0 aromatic heterocycles. The van der Waals surface area contributed by atoms with E-state index in [0.717, 1.165) is 0 Å². The Morgan fingerprint density at radius 3 is 2.38 bits per heavy atom. The average Bonchev–Trinajstić information content (AvgIpc) is 2.48. The van der Waals surface area contributed by atoms with E-state index in [4.69, 9.17) is 0 Å². The maximum Gasteiger partial charge on any atom is 0.191 e. The van der Waals surface area contributed by atoms with Gasteiger partial charge in [-0.25, -0.2) is 0 Å². The van der Waals surface area contributed by atoms with Gasteiger partial charge < -0.3 is 10.2 Å². The molecule has 2 N–H and O–H groups in total. The Balaban J connectivity index is 2.32. The minimum atomic E-state index is -1.19. The highest BCUT2D eigenvalue weighted by atomic mass is 16.3. The standard InChI is InChI=1S/C20H26O4/c1-10(2)11-8-12-13(9-14(11)21)20(5)15(22)6-7-19(3,4)18(20)17(24)16(12)23/h8-10,17-18,21,24H,6-7H2,1-5H3/t17-,18+,20?/m1/s1. The molecule has 0 heterocycles. The van der Waals surface area contributed by atoms with E-state index in [0.29, 0.717) is 29.5 Å². The number of aliphatic hydroxyl groups excluding tert-OH is 1. The molecular weight excluding hydrogens is 304 g/mol. The van der Waals surface area contributed by atoms with Crippen LogP contribution in [-0.2, 0) is 10.2 Å². The summed E-state index contributed by atoms with van der Waals surface area (Å²) in [6.07, 6.45) is -0.110. The van der Waals surface area contributed by atoms with Crippen LogP contribution in [0.15, 0.2) is 12.1 Å². The maximum atomic E-state index is 12.9. The second-order valence-corrected chi connectivity index (χ2v) is 8.51. The van der Waals surface area contributed by atoms with Crippen molar-refractivity contribution >= 4 is 11.6 Å². The molecule has 0 bridgehead atoms. The number of aromatic hydroxyl groups is 1. The molecule has 0 amide bonds. The molecule has 24 heavy (non-hydrogen) atoms. The summed E-state index contributed by atoms with van der Waals surface area (Å²) in [5.41, 5.74) is 0.342. The van der Waals surface area contributed by atoms with Gasteiger partial charge in [0.25, 0.3) is 0 Å². The number of hydrogen-bond donors (Lipinski definition) is 2. The van der Waals surface area contributed by atoms with E-state index >= 15 is 0 Å². The lowest BCUT2D eigenvalue weighted by Gasteiger charge is -2.54. The van der Waals surface area contributed by atoms with Gasteiger partial charge in [-0.3, -0.25) is 9.59 Å². The first-order valence-corrected chi connectivity index (χ1v) is 8.64. The van der Waals surface area contributed by atoms with Gasteiger partial charge >= 0.3 is 0 Å². The van der Waals surface area contributed by atoms with Crippen molar-refractivity contribution in [2.24, 2.45) is 11.3 Å². The van der Waals surface area contributed by atoms with Gasteiger partial charge in [0.1, 0.15) is 17.6 Å². The minimum Gasteiger partial charge on any atom is -0.508 e. The van der Waals surface area contributed by atoms with Crippen LogP contribution in [0, 0.1) is 11.3 Å². The molecule has 0 radical (unpaired) electrons. The zero-order valence-corrected chi connectivity index (χ0v) is 15.0. The van der Waals surface area contributed by atoms with Crippen molar-refractivity contribution in [1.29, 1.82) is 0 Å². The van der Waals surface area contributed by atoms with Crippen LogP contribution >= 0.6 is 0 Å². The molecule has 1 unspecified atom stereocenters. The van der Waals surface area contributed by atoms with Crippen molar-refractivity contribution in [1.82, 2.24) is 0 Å². The summed E-state index contributed by atoms with van der Waals surface area (Å²) in [5.74, 6) is -0.614. The molecule has 1 aromatic rings. The SMILES string of the molecule is CC(C)c1cc2c(cc1O)C1(C)C(=O)CCC(C)(C)[C@@H]1[C@H](O)C2=O. The number of Topliss-reactive ketones (excluding diaryl/α,β-unsaturated/α-hetero) is 2. The summed E-state index contributed by atoms with van der Waals surface area (Å²) >= 11 is 0. The number of benzene rings is 1. The number of ketones is 2. The summed E-state index contributed by atoms with van der Waals surface area (Å²) < 4.78 is 0. The Kier molecular flexibility index (Phi) is 3.69. The lowest BCUT2D eigenvalue weighted by molar-refractivity contribution is -0.138. The number of hydrogen-bond acceptors (Lipinski definition) is 4. The van der Waals surface area contributed by atoms with E-state index in [1.807, 2.05) is 34.6 Å². The number of carbonyl (C=O) groups is 2. The highest BCUT2D eigenvalue weighted by Gasteiger charge is 2.60. The first-order chi connectivity index (χ1) is 11.0. The van der Waals surface area contributed by atoms with E-state index in [2.05, 4.69) is 0 Å². The molecular formula is C20H26O4. The quantitative estimate of drug-likeness (QED) is 0.828. The van der Waals surface area contributed by atoms with Crippen molar-refractivity contribution in [3.8, 4) is 5.75 Å². The Morgan fingerprint density at radius 2 is 1.79 bits per heavy atom. The van der Waals surface area contributed by atoms with Gasteiger partial charge in [0, 0.05) is 17.9 Å². The van der Waals surface area contributed by atoms with E-state index in [1.54, 1.807) is 12.1 Å². The third-order valence-corrected chi connectivity index (χ3v) is 6.24. The Hall–Kier alpha value is -1.68. The molecule has 4 nitrogen and oxygen atoms in total. The van der Waals surface area contributed by atoms with Crippen molar-refractivity contribution in [2.75, 3.05) is 0 Å². The highest BCUT2D eigenvalue weighted by molar-refractivity contribution is 6.07. The van der Waals surface area contributed by atoms with Crippen LogP contribution in [0.4, 0.5) is 0 Å². The largest absolute Gasteiger partial charge is 0.508 e. The fourth-order valence-electron chi connectivity index (χ4n) is 4.88. The van der Waals surface area contributed by atoms with Gasteiger partial charge in [-0.05, 0) is 47.9 Å². The smallest absolute Gasteiger partial charge is 0.191 e. The number of aliphatic hydroxyl groups is 1. The van der Waals surface area contributed by atoms with Crippen molar-refractivity contribution in [2.45, 2.75) is 64.9 Å². The summed E-state index contributed by atoms with van der Waals surface area (Å²) in [4.78, 5) is 25.7. The fraction of sp³-hybridized carbons (Fsp3) is 0.600. The molecule has 2 aliphatic rings. The molecule has 4 heteroatoms. The first kappa shape index (κ1) is 17.2. The molecule has 0 aliphatic heterocycles. The molecule has 2 aliphatic carbocycles. The van der Waals surface area contributed by atoms with Crippen LogP contribution in [0.5, 0.6) is 5.75 Å². The lowest BCUT2D eigenvalue weighted by Crippen LogP contribution is -2.60. The fourth-order valence-corrected chi connectivity index (χ4v) is 4.88. The molecule has 0 spiro atoms. The van der Waals surface area contributed by atoms with Crippen LogP contribution in [0.1, 0.15) is 74.9 Å². The summed E-state index contributed by atoms with van der Waals surface area (Å²) in [7, 11) is 0. The number of phenols is 1. The summed E-state index contributed by atoms with van der Waals surface area (Å²) in [5, 5.41) is 21.2. The van der Waals surface area contributed by atoms with Gasteiger partial charge in [-0.2, -0.15) is 0 Å². The monoisotopic (exact) mass is 330 g/mol. The predicted octanol–water partition coefficient (Wildman–Crippen LogP) is 3.34. The Labute approximate surface area is 142 Å².